The molecule has 1 N–H and O–H groups in total. The van der Waals surface area contributed by atoms with Gasteiger partial charge in [-0.3, -0.25) is 9.59 Å². The van der Waals surface area contributed by atoms with Crippen LogP contribution in [0.15, 0.2) is 48.5 Å². The summed E-state index contributed by atoms with van der Waals surface area (Å²) in [6.45, 7) is 0.679. The van der Waals surface area contributed by atoms with Crippen LogP contribution in [0, 0.1) is 11.3 Å². The van der Waals surface area contributed by atoms with Crippen LogP contribution in [0.1, 0.15) is 24.0 Å². The number of amides is 2. The molecular weight excluding hydrogens is 378 g/mol. The Balaban J connectivity index is 1.58. The van der Waals surface area contributed by atoms with E-state index in [0.29, 0.717) is 29.8 Å². The number of nitrogens with zero attached hydrogens (tertiary/aromatic N) is 2. The summed E-state index contributed by atoms with van der Waals surface area (Å²) in [6, 6.07) is 14.9. The minimum Gasteiger partial charge on any atom is -0.325 e. The molecule has 0 spiro atoms. The first-order valence-corrected chi connectivity index (χ1v) is 10.6. The highest BCUT2D eigenvalue weighted by atomic mass is 32.2. The molecule has 28 heavy (non-hydrogen) atoms. The maximum absolute atomic E-state index is 12.2. The lowest BCUT2D eigenvalue weighted by atomic mass is 10.2. The molecule has 1 fully saturated rings. The van der Waals surface area contributed by atoms with Gasteiger partial charge in [0, 0.05) is 24.3 Å². The quantitative estimate of drug-likeness (QED) is 0.804. The van der Waals surface area contributed by atoms with Crippen LogP contribution in [0.3, 0.4) is 0 Å². The molecule has 1 heterocycles. The number of benzene rings is 2. The average Bonchev–Trinajstić information content (AvgIpc) is 3.08. The second kappa shape index (κ2) is 8.23. The Kier molecular flexibility index (Phi) is 5.76. The number of rotatable bonds is 6. The van der Waals surface area contributed by atoms with Crippen LogP contribution in [0.25, 0.3) is 0 Å². The highest BCUT2D eigenvalue weighted by molar-refractivity contribution is 7.91. The molecule has 1 saturated heterocycles. The normalized spacial score (nSPS) is 14.0. The minimum absolute atomic E-state index is 0.0747. The van der Waals surface area contributed by atoms with Crippen molar-refractivity contribution in [1.82, 2.24) is 0 Å². The fourth-order valence-electron chi connectivity index (χ4n) is 3.02. The number of hydrogen-bond acceptors (Lipinski definition) is 5. The molecule has 2 aromatic carbocycles. The number of anilines is 2. The van der Waals surface area contributed by atoms with Gasteiger partial charge < -0.3 is 10.2 Å². The number of nitrogens with one attached hydrogen (secondary N) is 1. The van der Waals surface area contributed by atoms with Gasteiger partial charge in [-0.2, -0.15) is 5.26 Å². The topological polar surface area (TPSA) is 107 Å². The zero-order chi connectivity index (χ0) is 20.1. The predicted molar refractivity (Wildman–Crippen MR) is 105 cm³/mol. The number of carbonyl (C=O) groups is 2. The van der Waals surface area contributed by atoms with Gasteiger partial charge in [-0.1, -0.05) is 12.1 Å². The number of sulfone groups is 1. The molecule has 0 bridgehead atoms. The lowest BCUT2D eigenvalue weighted by Crippen LogP contribution is -2.24. The molecule has 2 amide bonds. The molecule has 0 unspecified atom stereocenters. The van der Waals surface area contributed by atoms with Crippen molar-refractivity contribution in [2.24, 2.45) is 0 Å². The van der Waals surface area contributed by atoms with E-state index in [1.54, 1.807) is 41.3 Å². The molecule has 3 rings (SSSR count). The molecule has 7 nitrogen and oxygen atoms in total. The van der Waals surface area contributed by atoms with E-state index in [4.69, 9.17) is 5.26 Å². The van der Waals surface area contributed by atoms with Crippen LogP contribution in [0.4, 0.5) is 11.4 Å². The first-order chi connectivity index (χ1) is 13.4. The largest absolute Gasteiger partial charge is 0.325 e. The second-order valence-corrected chi connectivity index (χ2v) is 8.65. The molecular formula is C20H19N3O4S. The van der Waals surface area contributed by atoms with Crippen LogP contribution < -0.4 is 10.2 Å². The minimum atomic E-state index is -3.65. The van der Waals surface area contributed by atoms with E-state index in [1.807, 2.05) is 6.07 Å². The highest BCUT2D eigenvalue weighted by Gasteiger charge is 2.22. The Hall–Kier alpha value is -3.18. The van der Waals surface area contributed by atoms with Gasteiger partial charge in [0.1, 0.15) is 5.75 Å². The van der Waals surface area contributed by atoms with Gasteiger partial charge in [0.2, 0.25) is 11.8 Å². The van der Waals surface area contributed by atoms with Crippen molar-refractivity contribution in [3.8, 4) is 6.07 Å². The van der Waals surface area contributed by atoms with Crippen molar-refractivity contribution in [3.63, 3.8) is 0 Å². The van der Waals surface area contributed by atoms with Crippen molar-refractivity contribution >= 4 is 33.0 Å². The Morgan fingerprint density at radius 1 is 1.11 bits per heavy atom. The molecule has 1 aliphatic heterocycles. The monoisotopic (exact) mass is 397 g/mol. The summed E-state index contributed by atoms with van der Waals surface area (Å²) in [7, 11) is -3.65. The highest BCUT2D eigenvalue weighted by Crippen LogP contribution is 2.23. The Bertz CT molecular complexity index is 1020. The Morgan fingerprint density at radius 3 is 2.36 bits per heavy atom. The predicted octanol–water partition coefficient (Wildman–Crippen LogP) is 2.24. The van der Waals surface area contributed by atoms with Gasteiger partial charge in [-0.25, -0.2) is 8.42 Å². The van der Waals surface area contributed by atoms with E-state index in [9.17, 15) is 18.0 Å². The molecule has 0 aliphatic carbocycles. The fraction of sp³-hybridized carbons (Fsp3) is 0.250. The summed E-state index contributed by atoms with van der Waals surface area (Å²) >= 11 is 0. The summed E-state index contributed by atoms with van der Waals surface area (Å²) in [4.78, 5) is 25.6. The van der Waals surface area contributed by atoms with Crippen molar-refractivity contribution in [2.75, 3.05) is 22.5 Å². The molecule has 144 valence electrons. The fourth-order valence-corrected chi connectivity index (χ4v) is 4.30. The van der Waals surface area contributed by atoms with Gasteiger partial charge >= 0.3 is 0 Å². The van der Waals surface area contributed by atoms with Crippen LogP contribution in [0.5, 0.6) is 0 Å². The van der Waals surface area contributed by atoms with Crippen molar-refractivity contribution in [2.45, 2.75) is 18.6 Å². The third-order valence-corrected chi connectivity index (χ3v) is 5.83. The maximum Gasteiger partial charge on any atom is 0.239 e. The molecule has 0 radical (unpaired) electrons. The number of hydrogen-bond donors (Lipinski definition) is 1. The zero-order valence-corrected chi connectivity index (χ0v) is 15.9. The maximum atomic E-state index is 12.2. The first-order valence-electron chi connectivity index (χ1n) is 8.76. The van der Waals surface area contributed by atoms with Gasteiger partial charge in [-0.05, 0) is 48.4 Å². The molecule has 0 atom stereocenters. The summed E-state index contributed by atoms with van der Waals surface area (Å²) in [5.74, 6) is -1.47. The van der Waals surface area contributed by atoms with E-state index < -0.39 is 21.5 Å². The Labute approximate surface area is 163 Å². The van der Waals surface area contributed by atoms with Crippen molar-refractivity contribution in [1.29, 1.82) is 5.26 Å². The zero-order valence-electron chi connectivity index (χ0n) is 15.1. The van der Waals surface area contributed by atoms with Crippen LogP contribution in [-0.2, 0) is 25.2 Å². The van der Waals surface area contributed by atoms with Gasteiger partial charge in [0.15, 0.2) is 9.84 Å². The molecule has 8 heteroatoms. The van der Waals surface area contributed by atoms with E-state index >= 15 is 0 Å². The SMILES string of the molecule is N#Cc1ccc(CS(=O)(=O)CC(=O)Nc2ccc(N3CCCC3=O)cc2)cc1. The van der Waals surface area contributed by atoms with Crippen LogP contribution in [-0.4, -0.2) is 32.5 Å². The smallest absolute Gasteiger partial charge is 0.239 e. The molecule has 0 aromatic heterocycles. The lowest BCUT2D eigenvalue weighted by molar-refractivity contribution is -0.117. The molecule has 1 aliphatic rings. The number of carbonyl (C=O) groups excluding carboxylic acids is 2. The van der Waals surface area contributed by atoms with Gasteiger partial charge in [0.05, 0.1) is 17.4 Å². The van der Waals surface area contributed by atoms with Crippen molar-refractivity contribution in [3.05, 3.63) is 59.7 Å². The third kappa shape index (κ3) is 4.96. The van der Waals surface area contributed by atoms with Crippen LogP contribution in [0.2, 0.25) is 0 Å². The van der Waals surface area contributed by atoms with Crippen molar-refractivity contribution < 1.29 is 18.0 Å². The summed E-state index contributed by atoms with van der Waals surface area (Å²) in [5, 5.41) is 11.3. The van der Waals surface area contributed by atoms with E-state index in [-0.39, 0.29) is 11.7 Å². The second-order valence-electron chi connectivity index (χ2n) is 6.58. The molecule has 0 saturated carbocycles. The number of nitriles is 1. The van der Waals surface area contributed by atoms with Gasteiger partial charge in [0.25, 0.3) is 0 Å². The van der Waals surface area contributed by atoms with E-state index in [0.717, 1.165) is 12.1 Å². The molecule has 2 aromatic rings. The summed E-state index contributed by atoms with van der Waals surface area (Å²) < 4.78 is 24.5. The van der Waals surface area contributed by atoms with Crippen LogP contribution >= 0.6 is 0 Å². The standard InChI is InChI=1S/C20H19N3O4S/c21-12-15-3-5-16(6-4-15)13-28(26,27)14-19(24)22-17-7-9-18(10-8-17)23-11-1-2-20(23)25/h3-10H,1-2,11,13-14H2,(H,22,24). The summed E-state index contributed by atoms with van der Waals surface area (Å²) in [6.07, 6.45) is 1.37. The van der Waals surface area contributed by atoms with Gasteiger partial charge in [-0.15, -0.1) is 0 Å². The third-order valence-electron chi connectivity index (χ3n) is 4.36. The Morgan fingerprint density at radius 2 is 1.79 bits per heavy atom. The average molecular weight is 397 g/mol. The lowest BCUT2D eigenvalue weighted by Gasteiger charge is -2.16. The first kappa shape index (κ1) is 19.6. The van der Waals surface area contributed by atoms with E-state index in [1.165, 1.54) is 12.1 Å². The van der Waals surface area contributed by atoms with E-state index in [2.05, 4.69) is 5.32 Å². The summed E-state index contributed by atoms with van der Waals surface area (Å²) in [5.41, 5.74) is 2.19.